The Morgan fingerprint density at radius 3 is 1.62 bits per heavy atom. The quantitative estimate of drug-likeness (QED) is 0.463. The number of aliphatic hydroxyl groups excluding tert-OH is 2. The second-order valence-corrected chi connectivity index (χ2v) is 13.0. The lowest BCUT2D eigenvalue weighted by atomic mass is 9.63. The molecule has 2 aromatic rings. The van der Waals surface area contributed by atoms with Crippen molar-refractivity contribution in [2.24, 2.45) is 0 Å². The third-order valence-corrected chi connectivity index (χ3v) is 10.1. The van der Waals surface area contributed by atoms with E-state index >= 15 is 0 Å². The summed E-state index contributed by atoms with van der Waals surface area (Å²) in [6.45, 7) is 4.57. The van der Waals surface area contributed by atoms with Gasteiger partial charge in [-0.05, 0) is 86.8 Å². The Morgan fingerprint density at radius 2 is 1.18 bits per heavy atom. The van der Waals surface area contributed by atoms with Gasteiger partial charge < -0.3 is 20.0 Å². The first-order valence-electron chi connectivity index (χ1n) is 14.7. The van der Waals surface area contributed by atoms with Crippen molar-refractivity contribution in [3.8, 4) is 0 Å². The molecule has 0 atom stereocenters. The molecule has 0 aromatic heterocycles. The Hall–Kier alpha value is -1.63. The van der Waals surface area contributed by atoms with Gasteiger partial charge in [-0.3, -0.25) is 4.79 Å². The molecule has 5 nitrogen and oxygen atoms in total. The molecule has 6 rings (SSSR count). The van der Waals surface area contributed by atoms with Crippen molar-refractivity contribution < 1.29 is 15.0 Å². The maximum atomic E-state index is 12.9. The van der Waals surface area contributed by atoms with Crippen molar-refractivity contribution in [2.75, 3.05) is 32.7 Å². The van der Waals surface area contributed by atoms with Gasteiger partial charge in [-0.2, -0.15) is 0 Å². The first kappa shape index (κ1) is 28.9. The van der Waals surface area contributed by atoms with E-state index in [0.29, 0.717) is 36.4 Å². The van der Waals surface area contributed by atoms with Gasteiger partial charge in [0, 0.05) is 48.2 Å². The molecule has 4 fully saturated rings. The molecule has 2 aliphatic carbocycles. The lowest BCUT2D eigenvalue weighted by Gasteiger charge is -2.47. The number of benzene rings is 2. The molecule has 0 bridgehead atoms. The van der Waals surface area contributed by atoms with E-state index in [-0.39, 0.29) is 23.5 Å². The Balaban J connectivity index is 0.000000158. The molecular weight excluding hydrogens is 531 g/mol. The van der Waals surface area contributed by atoms with Gasteiger partial charge in [-0.15, -0.1) is 0 Å². The zero-order chi connectivity index (χ0) is 27.5. The fraction of sp³-hybridized carbons (Fsp3) is 0.594. The van der Waals surface area contributed by atoms with Crippen molar-refractivity contribution in [3.63, 3.8) is 0 Å². The van der Waals surface area contributed by atoms with Crippen LogP contribution in [0.5, 0.6) is 0 Å². The summed E-state index contributed by atoms with van der Waals surface area (Å²) in [5.41, 5.74) is 2.53. The molecule has 7 heteroatoms. The molecule has 212 valence electrons. The van der Waals surface area contributed by atoms with Gasteiger partial charge in [0.05, 0.1) is 17.6 Å². The minimum atomic E-state index is -0.340. The lowest BCUT2D eigenvalue weighted by Crippen LogP contribution is -2.53. The molecule has 2 aromatic carbocycles. The fourth-order valence-electron chi connectivity index (χ4n) is 6.75. The van der Waals surface area contributed by atoms with Crippen LogP contribution < -0.4 is 0 Å². The molecule has 2 heterocycles. The van der Waals surface area contributed by atoms with E-state index < -0.39 is 0 Å². The number of carbonyl (C=O) groups excluding carboxylic acids is 1. The largest absolute Gasteiger partial charge is 0.393 e. The Morgan fingerprint density at radius 1 is 0.718 bits per heavy atom. The third-order valence-electron chi connectivity index (χ3n) is 9.62. The summed E-state index contributed by atoms with van der Waals surface area (Å²) in [4.78, 5) is 17.4. The fourth-order valence-corrected chi connectivity index (χ4v) is 7.00. The molecule has 2 saturated carbocycles. The van der Waals surface area contributed by atoms with E-state index in [1.165, 1.54) is 24.8 Å². The number of likely N-dealkylation sites (tertiary alicyclic amines) is 2. The first-order valence-corrected chi connectivity index (χ1v) is 15.5. The van der Waals surface area contributed by atoms with Crippen LogP contribution in [-0.4, -0.2) is 70.9 Å². The normalized spacial score (nSPS) is 23.2. The number of halogens is 2. The highest BCUT2D eigenvalue weighted by Crippen LogP contribution is 2.46. The monoisotopic (exact) mass is 572 g/mol. The molecule has 0 spiro atoms. The number of hydrogen-bond donors (Lipinski definition) is 2. The van der Waals surface area contributed by atoms with E-state index in [0.717, 1.165) is 62.3 Å². The van der Waals surface area contributed by atoms with Gasteiger partial charge in [0.2, 0.25) is 5.91 Å². The minimum absolute atomic E-state index is 0.0795. The number of hydrogen-bond acceptors (Lipinski definition) is 4. The number of rotatable bonds is 5. The molecule has 2 saturated heterocycles. The zero-order valence-corrected chi connectivity index (χ0v) is 24.3. The van der Waals surface area contributed by atoms with E-state index in [2.05, 4.69) is 17.0 Å². The smallest absolute Gasteiger partial charge is 0.233 e. The highest BCUT2D eigenvalue weighted by atomic mass is 35.5. The molecular formula is C32H42Cl2N2O3. The van der Waals surface area contributed by atoms with Gasteiger partial charge in [0.15, 0.2) is 0 Å². The highest BCUT2D eigenvalue weighted by Gasteiger charge is 2.48. The molecule has 1 amide bonds. The predicted octanol–water partition coefficient (Wildman–Crippen LogP) is 5.96. The Labute approximate surface area is 243 Å². The predicted molar refractivity (Wildman–Crippen MR) is 157 cm³/mol. The maximum absolute atomic E-state index is 12.9. The van der Waals surface area contributed by atoms with Crippen LogP contribution in [0, 0.1) is 0 Å². The van der Waals surface area contributed by atoms with Crippen molar-refractivity contribution >= 4 is 29.1 Å². The van der Waals surface area contributed by atoms with Crippen LogP contribution in [0.4, 0.5) is 0 Å². The van der Waals surface area contributed by atoms with Gasteiger partial charge in [0.25, 0.3) is 0 Å². The van der Waals surface area contributed by atoms with Gasteiger partial charge in [0.1, 0.15) is 0 Å². The average Bonchev–Trinajstić information content (AvgIpc) is 2.89. The molecule has 39 heavy (non-hydrogen) atoms. The van der Waals surface area contributed by atoms with Crippen LogP contribution in [0.25, 0.3) is 0 Å². The van der Waals surface area contributed by atoms with Gasteiger partial charge in [-0.25, -0.2) is 0 Å². The van der Waals surface area contributed by atoms with Crippen LogP contribution in [-0.2, 0) is 15.6 Å². The SMILES string of the molecule is O=C(N1CCC(O)CC1)C1(c2ccc(Cl)cc2)CCC1.OC1CCN(CC2(c3ccc(Cl)cc3)CCC2)CC1. The summed E-state index contributed by atoms with van der Waals surface area (Å²) in [5, 5.41) is 20.7. The standard InChI is InChI=1S/C16H20ClNO2.C16H22ClNO/c17-13-4-2-12(3-5-13)16(8-1-9-16)15(20)18-10-6-14(19)7-11-18;17-14-4-2-13(3-5-14)16(8-1-9-16)12-18-10-6-15(19)7-11-18/h2-5,14,19H,1,6-11H2;2-5,15,19H,1,6-12H2. The summed E-state index contributed by atoms with van der Waals surface area (Å²) in [6, 6.07) is 16.1. The number of carbonyl (C=O) groups is 1. The second kappa shape index (κ2) is 12.5. The second-order valence-electron chi connectivity index (χ2n) is 12.1. The van der Waals surface area contributed by atoms with Crippen molar-refractivity contribution in [1.82, 2.24) is 9.80 Å². The molecule has 4 aliphatic rings. The summed E-state index contributed by atoms with van der Waals surface area (Å²) in [5.74, 6) is 0.234. The van der Waals surface area contributed by atoms with Crippen LogP contribution in [0.1, 0.15) is 75.3 Å². The van der Waals surface area contributed by atoms with Crippen LogP contribution >= 0.6 is 23.2 Å². The minimum Gasteiger partial charge on any atom is -0.393 e. The topological polar surface area (TPSA) is 64.0 Å². The van der Waals surface area contributed by atoms with E-state index in [1.54, 1.807) is 0 Å². The Bertz CT molecular complexity index is 1080. The number of amides is 1. The molecule has 0 unspecified atom stereocenters. The van der Waals surface area contributed by atoms with Crippen molar-refractivity contribution in [1.29, 1.82) is 0 Å². The van der Waals surface area contributed by atoms with Gasteiger partial charge in [-0.1, -0.05) is 60.3 Å². The van der Waals surface area contributed by atoms with Crippen molar-refractivity contribution in [3.05, 3.63) is 69.7 Å². The van der Waals surface area contributed by atoms with E-state index in [1.807, 2.05) is 41.3 Å². The summed E-state index contributed by atoms with van der Waals surface area (Å²) < 4.78 is 0. The number of piperidine rings is 2. The summed E-state index contributed by atoms with van der Waals surface area (Å²) >= 11 is 11.9. The molecule has 0 radical (unpaired) electrons. The molecule has 2 N–H and O–H groups in total. The zero-order valence-electron chi connectivity index (χ0n) is 22.8. The maximum Gasteiger partial charge on any atom is 0.233 e. The van der Waals surface area contributed by atoms with Crippen LogP contribution in [0.3, 0.4) is 0 Å². The van der Waals surface area contributed by atoms with Crippen molar-refractivity contribution in [2.45, 2.75) is 87.2 Å². The Kier molecular flexibility index (Phi) is 9.25. The van der Waals surface area contributed by atoms with Gasteiger partial charge >= 0.3 is 0 Å². The lowest BCUT2D eigenvalue weighted by molar-refractivity contribution is -0.143. The van der Waals surface area contributed by atoms with Crippen LogP contribution in [0.2, 0.25) is 10.0 Å². The van der Waals surface area contributed by atoms with E-state index in [4.69, 9.17) is 23.2 Å². The third kappa shape index (κ3) is 6.49. The summed E-state index contributed by atoms with van der Waals surface area (Å²) in [7, 11) is 0. The first-order chi connectivity index (χ1) is 18.8. The number of aliphatic hydroxyl groups is 2. The highest BCUT2D eigenvalue weighted by molar-refractivity contribution is 6.30. The average molecular weight is 574 g/mol. The van der Waals surface area contributed by atoms with E-state index in [9.17, 15) is 15.0 Å². The molecule has 2 aliphatic heterocycles. The van der Waals surface area contributed by atoms with Crippen LogP contribution in [0.15, 0.2) is 48.5 Å². The summed E-state index contributed by atoms with van der Waals surface area (Å²) in [6.07, 6.45) is 9.78. The number of nitrogens with zero attached hydrogens (tertiary/aromatic N) is 2.